The van der Waals surface area contributed by atoms with Crippen molar-refractivity contribution in [2.45, 2.75) is 30.5 Å². The second kappa shape index (κ2) is 6.74. The van der Waals surface area contributed by atoms with Gasteiger partial charge in [0.25, 0.3) is 0 Å². The Kier molecular flexibility index (Phi) is 4.09. The van der Waals surface area contributed by atoms with Crippen molar-refractivity contribution >= 4 is 22.9 Å². The van der Waals surface area contributed by atoms with E-state index in [9.17, 15) is 4.79 Å². The normalized spacial score (nSPS) is 14.1. The number of aromatic nitrogens is 4. The molecular weight excluding hydrogens is 360 g/mol. The van der Waals surface area contributed by atoms with E-state index < -0.39 is 0 Å². The SMILES string of the molecule is O=c1oc2ccccc2n1CCSc1nnc(C2CC2)n1-c1ccccc1. The number of fused-ring (bicyclic) bond motifs is 1. The van der Waals surface area contributed by atoms with Crippen molar-refractivity contribution in [3.8, 4) is 5.69 Å². The second-order valence-corrected chi connectivity index (χ2v) is 7.68. The Morgan fingerprint density at radius 1 is 1.04 bits per heavy atom. The summed E-state index contributed by atoms with van der Waals surface area (Å²) in [5.74, 6) is 1.93. The van der Waals surface area contributed by atoms with E-state index in [1.165, 1.54) is 12.8 Å². The molecule has 0 saturated heterocycles. The van der Waals surface area contributed by atoms with Gasteiger partial charge in [-0.2, -0.15) is 0 Å². The van der Waals surface area contributed by atoms with Crippen molar-refractivity contribution < 1.29 is 4.42 Å². The van der Waals surface area contributed by atoms with Crippen LogP contribution in [-0.4, -0.2) is 25.1 Å². The number of nitrogens with zero attached hydrogens (tertiary/aromatic N) is 4. The fourth-order valence-corrected chi connectivity index (χ4v) is 4.14. The highest BCUT2D eigenvalue weighted by atomic mass is 32.2. The van der Waals surface area contributed by atoms with E-state index in [1.54, 1.807) is 16.3 Å². The first-order valence-electron chi connectivity index (χ1n) is 9.03. The van der Waals surface area contributed by atoms with Crippen LogP contribution in [0.4, 0.5) is 0 Å². The summed E-state index contributed by atoms with van der Waals surface area (Å²) in [5, 5.41) is 9.73. The van der Waals surface area contributed by atoms with Crippen LogP contribution in [0.25, 0.3) is 16.8 Å². The molecule has 1 fully saturated rings. The van der Waals surface area contributed by atoms with Gasteiger partial charge in [0.1, 0.15) is 5.82 Å². The van der Waals surface area contributed by atoms with Gasteiger partial charge in [-0.3, -0.25) is 9.13 Å². The van der Waals surface area contributed by atoms with Crippen molar-refractivity contribution in [3.63, 3.8) is 0 Å². The third-order valence-corrected chi connectivity index (χ3v) is 5.64. The van der Waals surface area contributed by atoms with Crippen molar-refractivity contribution in [2.75, 3.05) is 5.75 Å². The molecule has 0 unspecified atom stereocenters. The molecule has 1 saturated carbocycles. The predicted octanol–water partition coefficient (Wildman–Crippen LogP) is 3.84. The van der Waals surface area contributed by atoms with Crippen LogP contribution in [0, 0.1) is 0 Å². The number of hydrogen-bond donors (Lipinski definition) is 0. The van der Waals surface area contributed by atoms with Gasteiger partial charge in [0.2, 0.25) is 0 Å². The summed E-state index contributed by atoms with van der Waals surface area (Å²) in [6.07, 6.45) is 2.35. The molecule has 6 nitrogen and oxygen atoms in total. The van der Waals surface area contributed by atoms with Crippen molar-refractivity contribution in [2.24, 2.45) is 0 Å². The largest absolute Gasteiger partial charge is 0.419 e. The van der Waals surface area contributed by atoms with E-state index in [2.05, 4.69) is 26.9 Å². The number of benzene rings is 2. The lowest BCUT2D eigenvalue weighted by Crippen LogP contribution is -2.15. The Balaban J connectivity index is 1.40. The highest BCUT2D eigenvalue weighted by Crippen LogP contribution is 2.41. The Morgan fingerprint density at radius 3 is 2.63 bits per heavy atom. The molecule has 1 aliphatic rings. The van der Waals surface area contributed by atoms with Crippen LogP contribution in [0.5, 0.6) is 0 Å². The van der Waals surface area contributed by atoms with Crippen molar-refractivity contribution in [1.82, 2.24) is 19.3 Å². The van der Waals surface area contributed by atoms with E-state index in [-0.39, 0.29) is 5.76 Å². The summed E-state index contributed by atoms with van der Waals surface area (Å²) in [5.41, 5.74) is 2.53. The zero-order chi connectivity index (χ0) is 18.2. The lowest BCUT2D eigenvalue weighted by molar-refractivity contribution is 0.514. The highest BCUT2D eigenvalue weighted by molar-refractivity contribution is 7.99. The Bertz CT molecular complexity index is 1140. The molecule has 7 heteroatoms. The lowest BCUT2D eigenvalue weighted by atomic mass is 10.3. The fraction of sp³-hybridized carbons (Fsp3) is 0.250. The van der Waals surface area contributed by atoms with Gasteiger partial charge in [-0.25, -0.2) is 4.79 Å². The van der Waals surface area contributed by atoms with Gasteiger partial charge in [-0.05, 0) is 37.1 Å². The quantitative estimate of drug-likeness (QED) is 0.477. The van der Waals surface area contributed by atoms with E-state index in [0.717, 1.165) is 22.2 Å². The first-order valence-corrected chi connectivity index (χ1v) is 10.0. The zero-order valence-corrected chi connectivity index (χ0v) is 15.4. The molecule has 1 aliphatic carbocycles. The van der Waals surface area contributed by atoms with Gasteiger partial charge in [-0.15, -0.1) is 10.2 Å². The third-order valence-electron chi connectivity index (χ3n) is 4.74. The summed E-state index contributed by atoms with van der Waals surface area (Å²) < 4.78 is 9.13. The van der Waals surface area contributed by atoms with Gasteiger partial charge >= 0.3 is 5.76 Å². The van der Waals surface area contributed by atoms with E-state index in [4.69, 9.17) is 4.42 Å². The number of hydrogen-bond acceptors (Lipinski definition) is 5. The molecule has 0 atom stereocenters. The highest BCUT2D eigenvalue weighted by Gasteiger charge is 2.31. The molecule has 27 heavy (non-hydrogen) atoms. The molecule has 0 amide bonds. The monoisotopic (exact) mass is 378 g/mol. The zero-order valence-electron chi connectivity index (χ0n) is 14.6. The molecule has 0 N–H and O–H groups in total. The van der Waals surface area contributed by atoms with Crippen LogP contribution < -0.4 is 5.76 Å². The average molecular weight is 378 g/mol. The minimum atomic E-state index is -0.319. The van der Waals surface area contributed by atoms with Gasteiger partial charge in [0.15, 0.2) is 10.7 Å². The molecule has 136 valence electrons. The lowest BCUT2D eigenvalue weighted by Gasteiger charge is -2.09. The molecule has 2 aromatic carbocycles. The number of rotatable bonds is 6. The Morgan fingerprint density at radius 2 is 1.81 bits per heavy atom. The molecule has 4 aromatic rings. The summed E-state index contributed by atoms with van der Waals surface area (Å²) in [6.45, 7) is 0.556. The maximum Gasteiger partial charge on any atom is 0.419 e. The van der Waals surface area contributed by atoms with Crippen molar-refractivity contribution in [1.29, 1.82) is 0 Å². The van der Waals surface area contributed by atoms with Gasteiger partial charge in [-0.1, -0.05) is 42.1 Å². The maximum absolute atomic E-state index is 12.1. The van der Waals surface area contributed by atoms with E-state index in [0.29, 0.717) is 23.8 Å². The van der Waals surface area contributed by atoms with Gasteiger partial charge < -0.3 is 4.42 Å². The van der Waals surface area contributed by atoms with Crippen LogP contribution in [0.2, 0.25) is 0 Å². The average Bonchev–Trinajstić information content (AvgIpc) is 3.38. The molecular formula is C20H18N4O2S. The number of thioether (sulfide) groups is 1. The molecule has 0 spiro atoms. The van der Waals surface area contributed by atoms with Gasteiger partial charge in [0, 0.05) is 23.9 Å². The number of para-hydroxylation sites is 3. The van der Waals surface area contributed by atoms with Crippen LogP contribution in [0.1, 0.15) is 24.6 Å². The molecule has 5 rings (SSSR count). The minimum Gasteiger partial charge on any atom is -0.408 e. The summed E-state index contributed by atoms with van der Waals surface area (Å²) >= 11 is 1.61. The molecule has 0 bridgehead atoms. The molecule has 0 aliphatic heterocycles. The summed E-state index contributed by atoms with van der Waals surface area (Å²) in [4.78, 5) is 12.1. The summed E-state index contributed by atoms with van der Waals surface area (Å²) in [6, 6.07) is 17.7. The van der Waals surface area contributed by atoms with E-state index in [1.807, 2.05) is 42.5 Å². The minimum absolute atomic E-state index is 0.319. The summed E-state index contributed by atoms with van der Waals surface area (Å²) in [7, 11) is 0. The van der Waals surface area contributed by atoms with Crippen LogP contribution in [0.15, 0.2) is 69.0 Å². The topological polar surface area (TPSA) is 65.8 Å². The molecule has 2 aromatic heterocycles. The second-order valence-electron chi connectivity index (χ2n) is 6.62. The van der Waals surface area contributed by atoms with Crippen LogP contribution in [0.3, 0.4) is 0 Å². The van der Waals surface area contributed by atoms with E-state index >= 15 is 0 Å². The van der Waals surface area contributed by atoms with Gasteiger partial charge in [0.05, 0.1) is 5.52 Å². The molecule has 0 radical (unpaired) electrons. The third kappa shape index (κ3) is 3.08. The van der Waals surface area contributed by atoms with Crippen LogP contribution in [-0.2, 0) is 6.54 Å². The fourth-order valence-electron chi connectivity index (χ4n) is 3.25. The smallest absolute Gasteiger partial charge is 0.408 e. The Hall–Kier alpha value is -2.80. The first kappa shape index (κ1) is 16.4. The predicted molar refractivity (Wildman–Crippen MR) is 105 cm³/mol. The number of oxazole rings is 1. The Labute approximate surface area is 159 Å². The maximum atomic E-state index is 12.1. The first-order chi connectivity index (χ1) is 13.3. The van der Waals surface area contributed by atoms with Crippen molar-refractivity contribution in [3.05, 3.63) is 71.0 Å². The van der Waals surface area contributed by atoms with Crippen LogP contribution >= 0.6 is 11.8 Å². The standard InChI is InChI=1S/C20H18N4O2S/c25-20-23(16-8-4-5-9-17(16)26-20)12-13-27-19-22-21-18(14-10-11-14)24(19)15-6-2-1-3-7-15/h1-9,14H,10-13H2. The molecule has 2 heterocycles. The number of aryl methyl sites for hydroxylation is 1.